The monoisotopic (exact) mass is 333 g/mol. The number of fused-ring (bicyclic) bond motifs is 1. The minimum Gasteiger partial charge on any atom is -0.380 e. The number of pyridine rings is 1. The van der Waals surface area contributed by atoms with Crippen molar-refractivity contribution in [3.8, 4) is 0 Å². The molecule has 3 rings (SSSR count). The molecule has 2 heterocycles. The Morgan fingerprint density at radius 1 is 1.32 bits per heavy atom. The molecule has 0 amide bonds. The van der Waals surface area contributed by atoms with Crippen molar-refractivity contribution in [3.05, 3.63) is 53.2 Å². The zero-order chi connectivity index (χ0) is 15.4. The summed E-state index contributed by atoms with van der Waals surface area (Å²) >= 11 is 7.56. The van der Waals surface area contributed by atoms with Crippen molar-refractivity contribution < 1.29 is 4.74 Å². The average molecular weight is 334 g/mol. The molecule has 0 fully saturated rings. The number of rotatable bonds is 6. The number of methoxy groups -OCH3 is 1. The Morgan fingerprint density at radius 3 is 2.91 bits per heavy atom. The summed E-state index contributed by atoms with van der Waals surface area (Å²) in [5, 5.41) is 1.44. The van der Waals surface area contributed by atoms with Gasteiger partial charge in [0.1, 0.15) is 0 Å². The molecule has 0 radical (unpaired) electrons. The van der Waals surface area contributed by atoms with Gasteiger partial charge < -0.3 is 9.72 Å². The maximum absolute atomic E-state index is 5.93. The number of benzene rings is 1. The third-order valence-corrected chi connectivity index (χ3v) is 4.54. The van der Waals surface area contributed by atoms with Gasteiger partial charge in [0.15, 0.2) is 10.8 Å². The lowest BCUT2D eigenvalue weighted by Crippen LogP contribution is -2.17. The Morgan fingerprint density at radius 2 is 2.14 bits per heavy atom. The van der Waals surface area contributed by atoms with Gasteiger partial charge in [-0.25, -0.2) is 9.97 Å². The lowest BCUT2D eigenvalue weighted by atomic mass is 10.1. The van der Waals surface area contributed by atoms with Gasteiger partial charge in [0, 0.05) is 19.1 Å². The number of aromatic nitrogens is 3. The number of nitrogens with one attached hydrogen (secondary N) is 1. The summed E-state index contributed by atoms with van der Waals surface area (Å²) in [7, 11) is 1.74. The van der Waals surface area contributed by atoms with E-state index in [0.29, 0.717) is 10.7 Å². The second-order valence-electron chi connectivity index (χ2n) is 4.93. The first kappa shape index (κ1) is 15.3. The summed E-state index contributed by atoms with van der Waals surface area (Å²) in [6, 6.07) is 12.2. The molecule has 6 heteroatoms. The average Bonchev–Trinajstić information content (AvgIpc) is 2.94. The summed E-state index contributed by atoms with van der Waals surface area (Å²) in [4.78, 5) is 11.9. The third kappa shape index (κ3) is 3.80. The molecular formula is C16H16ClN3OS. The highest BCUT2D eigenvalue weighted by molar-refractivity contribution is 7.99. The Kier molecular flexibility index (Phi) is 4.97. The van der Waals surface area contributed by atoms with Crippen LogP contribution < -0.4 is 0 Å². The summed E-state index contributed by atoms with van der Waals surface area (Å²) in [5.74, 6) is 0.818. The van der Waals surface area contributed by atoms with Crippen LogP contribution in [0, 0.1) is 0 Å². The van der Waals surface area contributed by atoms with E-state index in [9.17, 15) is 0 Å². The van der Waals surface area contributed by atoms with Gasteiger partial charge >= 0.3 is 0 Å². The zero-order valence-corrected chi connectivity index (χ0v) is 13.7. The van der Waals surface area contributed by atoms with Crippen molar-refractivity contribution in [3.63, 3.8) is 0 Å². The van der Waals surface area contributed by atoms with Gasteiger partial charge in [0.25, 0.3) is 0 Å². The molecular weight excluding hydrogens is 318 g/mol. The molecule has 1 unspecified atom stereocenters. The van der Waals surface area contributed by atoms with Crippen molar-refractivity contribution in [1.29, 1.82) is 0 Å². The van der Waals surface area contributed by atoms with Crippen LogP contribution in [-0.2, 0) is 11.2 Å². The number of nitrogens with zero attached hydrogens (tertiary/aromatic N) is 2. The molecule has 1 atom stereocenters. The summed E-state index contributed by atoms with van der Waals surface area (Å²) < 4.78 is 5.57. The van der Waals surface area contributed by atoms with Gasteiger partial charge in [-0.3, -0.25) is 0 Å². The Labute approximate surface area is 138 Å². The molecule has 0 spiro atoms. The number of thioether (sulfide) groups is 1. The highest BCUT2D eigenvalue weighted by atomic mass is 35.5. The molecule has 1 N–H and O–H groups in total. The quantitative estimate of drug-likeness (QED) is 0.694. The fourth-order valence-corrected chi connectivity index (χ4v) is 3.27. The van der Waals surface area contributed by atoms with Gasteiger partial charge in [-0.05, 0) is 18.1 Å². The van der Waals surface area contributed by atoms with Crippen molar-refractivity contribution >= 4 is 34.5 Å². The molecule has 0 bridgehead atoms. The number of halogens is 1. The van der Waals surface area contributed by atoms with Gasteiger partial charge in [-0.2, -0.15) is 0 Å². The summed E-state index contributed by atoms with van der Waals surface area (Å²) in [6.45, 7) is 0. The van der Waals surface area contributed by atoms with E-state index in [-0.39, 0.29) is 6.10 Å². The molecule has 3 aromatic rings. The van der Waals surface area contributed by atoms with E-state index in [0.717, 1.165) is 22.8 Å². The molecule has 1 aromatic carbocycles. The van der Waals surface area contributed by atoms with Crippen LogP contribution in [0.5, 0.6) is 0 Å². The fourth-order valence-electron chi connectivity index (χ4n) is 2.18. The molecule has 0 saturated carbocycles. The lowest BCUT2D eigenvalue weighted by molar-refractivity contribution is 0.122. The first-order valence-corrected chi connectivity index (χ1v) is 8.32. The largest absolute Gasteiger partial charge is 0.380 e. The van der Waals surface area contributed by atoms with Gasteiger partial charge in [0.05, 0.1) is 16.6 Å². The smallest absolute Gasteiger partial charge is 0.178 e. The lowest BCUT2D eigenvalue weighted by Gasteiger charge is -2.14. The highest BCUT2D eigenvalue weighted by Gasteiger charge is 2.12. The van der Waals surface area contributed by atoms with Crippen LogP contribution in [0.1, 0.15) is 5.56 Å². The fraction of sp³-hybridized carbons (Fsp3) is 0.250. The third-order valence-electron chi connectivity index (χ3n) is 3.33. The molecule has 0 aliphatic rings. The van der Waals surface area contributed by atoms with Gasteiger partial charge in [-0.1, -0.05) is 53.7 Å². The number of imidazole rings is 1. The van der Waals surface area contributed by atoms with Crippen LogP contribution in [0.4, 0.5) is 0 Å². The minimum atomic E-state index is 0.136. The number of ether oxygens (including phenoxy) is 1. The maximum Gasteiger partial charge on any atom is 0.178 e. The van der Waals surface area contributed by atoms with E-state index in [2.05, 4.69) is 27.1 Å². The Bertz CT molecular complexity index is 747. The van der Waals surface area contributed by atoms with Crippen molar-refractivity contribution in [2.24, 2.45) is 0 Å². The van der Waals surface area contributed by atoms with E-state index in [4.69, 9.17) is 16.3 Å². The van der Waals surface area contributed by atoms with Crippen LogP contribution in [0.3, 0.4) is 0 Å². The van der Waals surface area contributed by atoms with E-state index >= 15 is 0 Å². The summed E-state index contributed by atoms with van der Waals surface area (Å²) in [5.41, 5.74) is 2.81. The molecule has 114 valence electrons. The van der Waals surface area contributed by atoms with Gasteiger partial charge in [0.2, 0.25) is 0 Å². The maximum atomic E-state index is 5.93. The molecule has 2 aromatic heterocycles. The first-order valence-electron chi connectivity index (χ1n) is 6.95. The number of H-pyrrole nitrogens is 1. The standard InChI is InChI=1S/C16H16ClN3OS/c1-21-13(7-11-5-3-2-4-6-11)10-22-16-19-14-8-12(17)9-18-15(14)20-16/h2-6,8-9,13H,7,10H2,1H3,(H,18,19,20). The molecule has 0 saturated heterocycles. The SMILES string of the molecule is COC(CSc1nc2ncc(Cl)cc2[nH]1)Cc1ccccc1. The predicted octanol–water partition coefficient (Wildman–Crippen LogP) is 3.96. The van der Waals surface area contributed by atoms with Crippen LogP contribution in [0.25, 0.3) is 11.2 Å². The molecule has 0 aliphatic heterocycles. The topological polar surface area (TPSA) is 50.8 Å². The number of hydrogen-bond acceptors (Lipinski definition) is 4. The molecule has 4 nitrogen and oxygen atoms in total. The normalized spacial score (nSPS) is 12.6. The van der Waals surface area contributed by atoms with Crippen LogP contribution in [0.15, 0.2) is 47.8 Å². The first-order chi connectivity index (χ1) is 10.7. The number of aromatic amines is 1. The second-order valence-corrected chi connectivity index (χ2v) is 6.37. The van der Waals surface area contributed by atoms with Crippen molar-refractivity contribution in [1.82, 2.24) is 15.0 Å². The van der Waals surface area contributed by atoms with E-state index in [1.165, 1.54) is 5.56 Å². The molecule has 22 heavy (non-hydrogen) atoms. The minimum absolute atomic E-state index is 0.136. The highest BCUT2D eigenvalue weighted by Crippen LogP contribution is 2.22. The zero-order valence-electron chi connectivity index (χ0n) is 12.1. The Hall–Kier alpha value is -1.56. The summed E-state index contributed by atoms with van der Waals surface area (Å²) in [6.07, 6.45) is 2.62. The second kappa shape index (κ2) is 7.13. The molecule has 0 aliphatic carbocycles. The van der Waals surface area contributed by atoms with Crippen LogP contribution >= 0.6 is 23.4 Å². The Balaban J connectivity index is 1.64. The number of hydrogen-bond donors (Lipinski definition) is 1. The van der Waals surface area contributed by atoms with E-state index < -0.39 is 0 Å². The van der Waals surface area contributed by atoms with Gasteiger partial charge in [-0.15, -0.1) is 0 Å². The van der Waals surface area contributed by atoms with Crippen molar-refractivity contribution in [2.75, 3.05) is 12.9 Å². The van der Waals surface area contributed by atoms with Crippen molar-refractivity contribution in [2.45, 2.75) is 17.7 Å². The van der Waals surface area contributed by atoms with E-state index in [1.54, 1.807) is 25.1 Å². The predicted molar refractivity (Wildman–Crippen MR) is 90.6 cm³/mol. The van der Waals surface area contributed by atoms with Crippen LogP contribution in [0.2, 0.25) is 5.02 Å². The van der Waals surface area contributed by atoms with Crippen LogP contribution in [-0.4, -0.2) is 33.9 Å². The van der Waals surface area contributed by atoms with E-state index in [1.807, 2.05) is 24.3 Å².